The molecule has 2 aromatic heterocycles. The van der Waals surface area contributed by atoms with Gasteiger partial charge in [-0.25, -0.2) is 4.98 Å². The molecule has 6 heteroatoms. The van der Waals surface area contributed by atoms with Crippen LogP contribution in [0.15, 0.2) is 36.5 Å². The zero-order chi connectivity index (χ0) is 14.5. The predicted octanol–water partition coefficient (Wildman–Crippen LogP) is 3.28. The van der Waals surface area contributed by atoms with Crippen LogP contribution in [0.1, 0.15) is 12.2 Å². The van der Waals surface area contributed by atoms with Gasteiger partial charge in [-0.1, -0.05) is 18.2 Å². The number of hydrogen-bond acceptors (Lipinski definition) is 6. The van der Waals surface area contributed by atoms with Crippen molar-refractivity contribution in [1.82, 2.24) is 14.3 Å². The lowest BCUT2D eigenvalue weighted by atomic mass is 10.2. The number of aryl methyl sites for hydroxylation is 1. The molecule has 21 heavy (non-hydrogen) atoms. The van der Waals surface area contributed by atoms with Gasteiger partial charge in [-0.05, 0) is 25.5 Å². The van der Waals surface area contributed by atoms with Crippen molar-refractivity contribution in [3.05, 3.63) is 42.4 Å². The number of nitrogens with one attached hydrogen (secondary N) is 1. The van der Waals surface area contributed by atoms with E-state index < -0.39 is 0 Å². The summed E-state index contributed by atoms with van der Waals surface area (Å²) in [5.41, 5.74) is 0.910. The van der Waals surface area contributed by atoms with Gasteiger partial charge < -0.3 is 10.1 Å². The van der Waals surface area contributed by atoms with Gasteiger partial charge >= 0.3 is 0 Å². The fourth-order valence-electron chi connectivity index (χ4n) is 2.01. The van der Waals surface area contributed by atoms with E-state index in [1.54, 1.807) is 6.20 Å². The standard InChI is InChI=1S/C15H16N4OS/c1-11-18-15(21-19-11)17-9-4-10-20-13-7-2-5-12-6-3-8-16-14(12)13/h2-3,5-8H,4,9-10H2,1H3,(H,17,18,19). The Bertz CT molecular complexity index is 723. The van der Waals surface area contributed by atoms with E-state index in [1.807, 2.05) is 37.3 Å². The first-order chi connectivity index (χ1) is 10.3. The van der Waals surface area contributed by atoms with E-state index >= 15 is 0 Å². The molecular formula is C15H16N4OS. The van der Waals surface area contributed by atoms with Crippen LogP contribution in [0.4, 0.5) is 5.13 Å². The second kappa shape index (κ2) is 6.49. The summed E-state index contributed by atoms with van der Waals surface area (Å²) in [4.78, 5) is 8.63. The van der Waals surface area contributed by atoms with E-state index in [4.69, 9.17) is 4.74 Å². The van der Waals surface area contributed by atoms with Crippen LogP contribution in [-0.4, -0.2) is 27.5 Å². The number of pyridine rings is 1. The minimum atomic E-state index is 0.639. The van der Waals surface area contributed by atoms with Crippen LogP contribution >= 0.6 is 11.5 Å². The van der Waals surface area contributed by atoms with Crippen molar-refractivity contribution in [2.75, 3.05) is 18.5 Å². The van der Waals surface area contributed by atoms with Gasteiger partial charge in [-0.3, -0.25) is 4.98 Å². The summed E-state index contributed by atoms with van der Waals surface area (Å²) < 4.78 is 9.95. The molecule has 1 N–H and O–H groups in total. The monoisotopic (exact) mass is 300 g/mol. The summed E-state index contributed by atoms with van der Waals surface area (Å²) in [7, 11) is 0. The molecule has 0 aliphatic rings. The van der Waals surface area contributed by atoms with E-state index in [2.05, 4.69) is 19.7 Å². The molecule has 0 atom stereocenters. The Morgan fingerprint density at radius 3 is 3.00 bits per heavy atom. The van der Waals surface area contributed by atoms with Gasteiger partial charge in [0.25, 0.3) is 0 Å². The van der Waals surface area contributed by atoms with Gasteiger partial charge in [-0.2, -0.15) is 4.37 Å². The molecule has 0 aliphatic heterocycles. The Labute approximate surface area is 127 Å². The number of benzene rings is 1. The number of nitrogens with zero attached hydrogens (tertiary/aromatic N) is 3. The maximum Gasteiger partial charge on any atom is 0.202 e. The number of anilines is 1. The second-order valence-electron chi connectivity index (χ2n) is 4.61. The zero-order valence-corrected chi connectivity index (χ0v) is 12.6. The number of fused-ring (bicyclic) bond motifs is 1. The molecule has 0 saturated heterocycles. The molecular weight excluding hydrogens is 284 g/mol. The zero-order valence-electron chi connectivity index (χ0n) is 11.7. The summed E-state index contributed by atoms with van der Waals surface area (Å²) in [5.74, 6) is 1.64. The third kappa shape index (κ3) is 3.46. The van der Waals surface area contributed by atoms with Crippen molar-refractivity contribution in [1.29, 1.82) is 0 Å². The quantitative estimate of drug-likeness (QED) is 0.708. The van der Waals surface area contributed by atoms with Gasteiger partial charge in [0.1, 0.15) is 17.1 Å². The van der Waals surface area contributed by atoms with Crippen molar-refractivity contribution in [2.45, 2.75) is 13.3 Å². The summed E-state index contributed by atoms with van der Waals surface area (Å²) >= 11 is 1.38. The van der Waals surface area contributed by atoms with E-state index in [1.165, 1.54) is 11.5 Å². The summed E-state index contributed by atoms with van der Waals surface area (Å²) in [6.07, 6.45) is 2.68. The van der Waals surface area contributed by atoms with Crippen LogP contribution in [0.3, 0.4) is 0 Å². The smallest absolute Gasteiger partial charge is 0.202 e. The highest BCUT2D eigenvalue weighted by molar-refractivity contribution is 7.09. The Balaban J connectivity index is 1.50. The van der Waals surface area contributed by atoms with Crippen molar-refractivity contribution in [3.63, 3.8) is 0 Å². The molecule has 108 valence electrons. The van der Waals surface area contributed by atoms with Crippen LogP contribution in [0.25, 0.3) is 10.9 Å². The van der Waals surface area contributed by atoms with Crippen LogP contribution < -0.4 is 10.1 Å². The van der Waals surface area contributed by atoms with Gasteiger partial charge in [0.2, 0.25) is 5.13 Å². The first-order valence-corrected chi connectivity index (χ1v) is 7.61. The van der Waals surface area contributed by atoms with E-state index in [9.17, 15) is 0 Å². The fourth-order valence-corrected chi connectivity index (χ4v) is 2.61. The SMILES string of the molecule is Cc1nsc(NCCCOc2cccc3cccnc23)n1. The molecule has 0 unspecified atom stereocenters. The normalized spacial score (nSPS) is 10.7. The highest BCUT2D eigenvalue weighted by Crippen LogP contribution is 2.22. The van der Waals surface area contributed by atoms with Crippen molar-refractivity contribution >= 4 is 27.6 Å². The van der Waals surface area contributed by atoms with Crippen LogP contribution in [0, 0.1) is 6.92 Å². The Morgan fingerprint density at radius 1 is 1.24 bits per heavy atom. The van der Waals surface area contributed by atoms with Crippen LogP contribution in [0.5, 0.6) is 5.75 Å². The largest absolute Gasteiger partial charge is 0.491 e. The number of ether oxygens (including phenoxy) is 1. The molecule has 0 spiro atoms. The third-order valence-electron chi connectivity index (χ3n) is 2.98. The van der Waals surface area contributed by atoms with Crippen molar-refractivity contribution in [3.8, 4) is 5.75 Å². The lowest BCUT2D eigenvalue weighted by Crippen LogP contribution is -2.07. The average molecular weight is 300 g/mol. The van der Waals surface area contributed by atoms with Crippen molar-refractivity contribution < 1.29 is 4.74 Å². The molecule has 0 radical (unpaired) electrons. The first-order valence-electron chi connectivity index (χ1n) is 6.84. The van der Waals surface area contributed by atoms with E-state index in [0.29, 0.717) is 6.61 Å². The Morgan fingerprint density at radius 2 is 2.14 bits per heavy atom. The topological polar surface area (TPSA) is 59.9 Å². The maximum atomic E-state index is 5.83. The van der Waals surface area contributed by atoms with E-state index in [0.717, 1.165) is 40.6 Å². The Kier molecular flexibility index (Phi) is 4.25. The summed E-state index contributed by atoms with van der Waals surface area (Å²) in [6, 6.07) is 9.95. The lowest BCUT2D eigenvalue weighted by Gasteiger charge is -2.08. The molecule has 0 bridgehead atoms. The number of rotatable bonds is 6. The highest BCUT2D eigenvalue weighted by atomic mass is 32.1. The summed E-state index contributed by atoms with van der Waals surface area (Å²) in [5, 5.41) is 5.19. The van der Waals surface area contributed by atoms with Crippen molar-refractivity contribution in [2.24, 2.45) is 0 Å². The average Bonchev–Trinajstić information content (AvgIpc) is 2.92. The molecule has 3 rings (SSSR count). The highest BCUT2D eigenvalue weighted by Gasteiger charge is 2.03. The number of para-hydroxylation sites is 1. The molecule has 2 heterocycles. The minimum Gasteiger partial charge on any atom is -0.491 e. The Hall–Kier alpha value is -2.21. The molecule has 1 aromatic carbocycles. The van der Waals surface area contributed by atoms with E-state index in [-0.39, 0.29) is 0 Å². The van der Waals surface area contributed by atoms with Gasteiger partial charge in [0, 0.05) is 29.7 Å². The first kappa shape index (κ1) is 13.8. The molecule has 3 aromatic rings. The van der Waals surface area contributed by atoms with Crippen LogP contribution in [-0.2, 0) is 0 Å². The van der Waals surface area contributed by atoms with Gasteiger partial charge in [0.15, 0.2) is 0 Å². The summed E-state index contributed by atoms with van der Waals surface area (Å²) in [6.45, 7) is 3.34. The molecule has 5 nitrogen and oxygen atoms in total. The number of hydrogen-bond donors (Lipinski definition) is 1. The number of aromatic nitrogens is 3. The third-order valence-corrected chi connectivity index (χ3v) is 3.74. The second-order valence-corrected chi connectivity index (χ2v) is 5.36. The lowest BCUT2D eigenvalue weighted by molar-refractivity contribution is 0.318. The van der Waals surface area contributed by atoms with Gasteiger partial charge in [0.05, 0.1) is 6.61 Å². The molecule has 0 amide bonds. The fraction of sp³-hybridized carbons (Fsp3) is 0.267. The molecule has 0 saturated carbocycles. The predicted molar refractivity (Wildman–Crippen MR) is 85.0 cm³/mol. The van der Waals surface area contributed by atoms with Gasteiger partial charge in [-0.15, -0.1) is 0 Å². The van der Waals surface area contributed by atoms with Crippen LogP contribution in [0.2, 0.25) is 0 Å². The molecule has 0 aliphatic carbocycles. The molecule has 0 fully saturated rings. The minimum absolute atomic E-state index is 0.639. The maximum absolute atomic E-state index is 5.83.